The average Bonchev–Trinajstić information content (AvgIpc) is 3.41. The van der Waals surface area contributed by atoms with Crippen LogP contribution in [0.2, 0.25) is 0 Å². The van der Waals surface area contributed by atoms with Crippen molar-refractivity contribution < 1.29 is 4.79 Å². The van der Waals surface area contributed by atoms with E-state index in [1.54, 1.807) is 0 Å². The second-order valence-corrected chi connectivity index (χ2v) is 7.18. The Balaban J connectivity index is 1.50. The first-order valence-corrected chi connectivity index (χ1v) is 9.15. The molecule has 0 radical (unpaired) electrons. The molecule has 25 heavy (non-hydrogen) atoms. The molecule has 3 heterocycles. The van der Waals surface area contributed by atoms with Crippen molar-refractivity contribution in [1.29, 1.82) is 0 Å². The molecule has 0 atom stereocenters. The molecule has 4 rings (SSSR count). The van der Waals surface area contributed by atoms with Gasteiger partial charge >= 0.3 is 0 Å². The quantitative estimate of drug-likeness (QED) is 0.934. The van der Waals surface area contributed by atoms with E-state index in [4.69, 9.17) is 0 Å². The van der Waals surface area contributed by atoms with Crippen molar-refractivity contribution in [3.05, 3.63) is 41.0 Å². The van der Waals surface area contributed by atoms with Crippen LogP contribution in [0.1, 0.15) is 52.5 Å². The highest BCUT2D eigenvalue weighted by atomic mass is 16.2. The number of hydrogen-bond acceptors (Lipinski definition) is 4. The van der Waals surface area contributed by atoms with Gasteiger partial charge in [-0.1, -0.05) is 0 Å². The lowest BCUT2D eigenvalue weighted by Crippen LogP contribution is -2.36. The lowest BCUT2D eigenvalue weighted by Gasteiger charge is -2.25. The number of H-pyrrole nitrogens is 1. The highest BCUT2D eigenvalue weighted by Crippen LogP contribution is 2.41. The van der Waals surface area contributed by atoms with Crippen molar-refractivity contribution in [2.24, 2.45) is 0 Å². The van der Waals surface area contributed by atoms with Gasteiger partial charge in [-0.2, -0.15) is 5.10 Å². The monoisotopic (exact) mass is 339 g/mol. The summed E-state index contributed by atoms with van der Waals surface area (Å²) in [5.41, 5.74) is 5.11. The highest BCUT2D eigenvalue weighted by Gasteiger charge is 2.34. The Bertz CT molecular complexity index is 780. The SMILES string of the molecule is Cc1cnccc1N1CCCN(C(=O)c2c(C3CC3)n[nH]c2C)CC1. The smallest absolute Gasteiger partial charge is 0.257 e. The van der Waals surface area contributed by atoms with E-state index in [-0.39, 0.29) is 5.91 Å². The fraction of sp³-hybridized carbons (Fsp3) is 0.526. The summed E-state index contributed by atoms with van der Waals surface area (Å²) in [7, 11) is 0. The number of anilines is 1. The lowest BCUT2D eigenvalue weighted by molar-refractivity contribution is 0.0765. The van der Waals surface area contributed by atoms with E-state index in [1.807, 2.05) is 24.2 Å². The topological polar surface area (TPSA) is 65.1 Å². The molecule has 0 unspecified atom stereocenters. The maximum absolute atomic E-state index is 13.1. The molecule has 1 amide bonds. The van der Waals surface area contributed by atoms with Gasteiger partial charge in [-0.25, -0.2) is 0 Å². The summed E-state index contributed by atoms with van der Waals surface area (Å²) in [6.45, 7) is 7.41. The van der Waals surface area contributed by atoms with Gasteiger partial charge in [-0.05, 0) is 44.7 Å². The molecule has 1 aliphatic carbocycles. The number of carbonyl (C=O) groups is 1. The Kier molecular flexibility index (Phi) is 4.19. The van der Waals surface area contributed by atoms with E-state index in [2.05, 4.69) is 33.1 Å². The zero-order chi connectivity index (χ0) is 17.4. The van der Waals surface area contributed by atoms with E-state index in [0.717, 1.165) is 62.4 Å². The van der Waals surface area contributed by atoms with Gasteiger partial charge in [-0.15, -0.1) is 0 Å². The highest BCUT2D eigenvalue weighted by molar-refractivity contribution is 5.96. The minimum atomic E-state index is 0.140. The molecule has 2 fully saturated rings. The Labute approximate surface area is 148 Å². The van der Waals surface area contributed by atoms with Crippen LogP contribution in [-0.4, -0.2) is 52.2 Å². The van der Waals surface area contributed by atoms with E-state index >= 15 is 0 Å². The summed E-state index contributed by atoms with van der Waals surface area (Å²) >= 11 is 0. The predicted octanol–water partition coefficient (Wildman–Crippen LogP) is 2.65. The van der Waals surface area contributed by atoms with Gasteiger partial charge in [0, 0.05) is 55.9 Å². The number of amides is 1. The summed E-state index contributed by atoms with van der Waals surface area (Å²) in [5.74, 6) is 0.619. The third-order valence-electron chi connectivity index (χ3n) is 5.27. The number of pyridine rings is 1. The number of rotatable bonds is 3. The number of aromatic nitrogens is 3. The number of hydrogen-bond donors (Lipinski definition) is 1. The maximum atomic E-state index is 13.1. The lowest BCUT2D eigenvalue weighted by atomic mass is 10.1. The first-order valence-electron chi connectivity index (χ1n) is 9.15. The van der Waals surface area contributed by atoms with Crippen LogP contribution < -0.4 is 4.90 Å². The molecule has 1 saturated carbocycles. The third kappa shape index (κ3) is 3.13. The Morgan fingerprint density at radius 1 is 1.20 bits per heavy atom. The molecule has 1 N–H and O–H groups in total. The molecule has 2 aliphatic rings. The number of aromatic amines is 1. The number of nitrogens with zero attached hydrogens (tertiary/aromatic N) is 4. The van der Waals surface area contributed by atoms with Crippen molar-refractivity contribution in [2.75, 3.05) is 31.1 Å². The van der Waals surface area contributed by atoms with Gasteiger partial charge in [0.25, 0.3) is 5.91 Å². The molecule has 0 aromatic carbocycles. The molecule has 0 bridgehead atoms. The zero-order valence-electron chi connectivity index (χ0n) is 15.0. The Hall–Kier alpha value is -2.37. The van der Waals surface area contributed by atoms with Gasteiger partial charge in [0.1, 0.15) is 0 Å². The first-order chi connectivity index (χ1) is 12.1. The predicted molar refractivity (Wildman–Crippen MR) is 97.0 cm³/mol. The molecule has 2 aromatic heterocycles. The van der Waals surface area contributed by atoms with Crippen LogP contribution in [-0.2, 0) is 0 Å². The Morgan fingerprint density at radius 3 is 2.80 bits per heavy atom. The van der Waals surface area contributed by atoms with Crippen LogP contribution in [0, 0.1) is 13.8 Å². The molecule has 132 valence electrons. The molecule has 6 nitrogen and oxygen atoms in total. The third-order valence-corrected chi connectivity index (χ3v) is 5.27. The zero-order valence-corrected chi connectivity index (χ0v) is 15.0. The largest absolute Gasteiger partial charge is 0.369 e. The Morgan fingerprint density at radius 2 is 2.04 bits per heavy atom. The van der Waals surface area contributed by atoms with Crippen LogP contribution in [0.4, 0.5) is 5.69 Å². The molecule has 6 heteroatoms. The van der Waals surface area contributed by atoms with Gasteiger partial charge in [0.05, 0.1) is 11.3 Å². The van der Waals surface area contributed by atoms with Crippen LogP contribution in [0.25, 0.3) is 0 Å². The number of aryl methyl sites for hydroxylation is 2. The van der Waals surface area contributed by atoms with Crippen LogP contribution >= 0.6 is 0 Å². The second-order valence-electron chi connectivity index (χ2n) is 7.18. The van der Waals surface area contributed by atoms with Gasteiger partial charge in [0.15, 0.2) is 0 Å². The summed E-state index contributed by atoms with van der Waals surface area (Å²) in [4.78, 5) is 21.7. The fourth-order valence-electron chi connectivity index (χ4n) is 3.71. The summed E-state index contributed by atoms with van der Waals surface area (Å²) in [5, 5.41) is 7.42. The molecule has 0 spiro atoms. The molecule has 1 aliphatic heterocycles. The van der Waals surface area contributed by atoms with Gasteiger partial charge in [0.2, 0.25) is 0 Å². The summed E-state index contributed by atoms with van der Waals surface area (Å²) in [6, 6.07) is 2.07. The maximum Gasteiger partial charge on any atom is 0.257 e. The van der Waals surface area contributed by atoms with Gasteiger partial charge in [-0.3, -0.25) is 14.9 Å². The van der Waals surface area contributed by atoms with E-state index < -0.39 is 0 Å². The number of carbonyl (C=O) groups excluding carboxylic acids is 1. The van der Waals surface area contributed by atoms with Crippen LogP contribution in [0.15, 0.2) is 18.5 Å². The van der Waals surface area contributed by atoms with Crippen LogP contribution in [0.5, 0.6) is 0 Å². The van der Waals surface area contributed by atoms with Crippen molar-refractivity contribution in [2.45, 2.75) is 39.0 Å². The summed E-state index contributed by atoms with van der Waals surface area (Å²) < 4.78 is 0. The van der Waals surface area contributed by atoms with Gasteiger partial charge < -0.3 is 9.80 Å². The number of nitrogens with one attached hydrogen (secondary N) is 1. The van der Waals surface area contributed by atoms with Crippen molar-refractivity contribution in [3.8, 4) is 0 Å². The summed E-state index contributed by atoms with van der Waals surface area (Å²) in [6.07, 6.45) is 7.02. The molecule has 2 aromatic rings. The van der Waals surface area contributed by atoms with Crippen molar-refractivity contribution in [1.82, 2.24) is 20.1 Å². The normalized spacial score (nSPS) is 18.3. The molecule has 1 saturated heterocycles. The minimum Gasteiger partial charge on any atom is -0.369 e. The van der Waals surface area contributed by atoms with E-state index in [9.17, 15) is 4.79 Å². The molecular formula is C19H25N5O. The van der Waals surface area contributed by atoms with Crippen molar-refractivity contribution >= 4 is 11.6 Å². The fourth-order valence-corrected chi connectivity index (χ4v) is 3.71. The second kappa shape index (κ2) is 6.50. The van der Waals surface area contributed by atoms with E-state index in [1.165, 1.54) is 11.3 Å². The first kappa shape index (κ1) is 16.1. The van der Waals surface area contributed by atoms with Crippen LogP contribution in [0.3, 0.4) is 0 Å². The standard InChI is InChI=1S/C19H25N5O/c1-13-12-20-7-6-16(13)23-8-3-9-24(11-10-23)19(25)17-14(2)21-22-18(17)15-4-5-15/h6-7,12,15H,3-5,8-11H2,1-2H3,(H,21,22). The van der Waals surface area contributed by atoms with E-state index in [0.29, 0.717) is 5.92 Å². The average molecular weight is 339 g/mol. The van der Waals surface area contributed by atoms with Crippen molar-refractivity contribution in [3.63, 3.8) is 0 Å². The molecular weight excluding hydrogens is 314 g/mol. The minimum absolute atomic E-state index is 0.140.